The molecule has 0 radical (unpaired) electrons. The number of methoxy groups -OCH3 is 1. The smallest absolute Gasteiger partial charge is 0.193 e. The Kier molecular flexibility index (Phi) is 6.12. The molecule has 6 heteroatoms. The highest BCUT2D eigenvalue weighted by Crippen LogP contribution is 2.42. The molecule has 3 rings (SSSR count). The van der Waals surface area contributed by atoms with Gasteiger partial charge in [0.1, 0.15) is 11.6 Å². The number of hydrogen-bond donors (Lipinski definition) is 1. The highest BCUT2D eigenvalue weighted by Gasteiger charge is 2.40. The molecule has 0 spiro atoms. The van der Waals surface area contributed by atoms with Crippen LogP contribution in [0.1, 0.15) is 37.7 Å². The summed E-state index contributed by atoms with van der Waals surface area (Å²) in [5.41, 5.74) is -0.268. The number of likely N-dealkylation sites (tertiary alicyclic amines) is 1. The van der Waals surface area contributed by atoms with Crippen LogP contribution in [0.15, 0.2) is 23.2 Å². The van der Waals surface area contributed by atoms with E-state index < -0.39 is 17.0 Å². The first-order chi connectivity index (χ1) is 12.6. The molecule has 1 heterocycles. The lowest BCUT2D eigenvalue weighted by Gasteiger charge is -2.33. The molecular weight excluding hydrogens is 336 g/mol. The second-order valence-electron chi connectivity index (χ2n) is 7.54. The SMILES string of the molecule is CN=C(NCC1(c2c(F)cccc2F)CCCC1)N1CCC(COC)C1. The number of nitrogens with one attached hydrogen (secondary N) is 1. The first-order valence-electron chi connectivity index (χ1n) is 9.48. The normalized spacial score (nSPS) is 22.8. The van der Waals surface area contributed by atoms with Crippen molar-refractivity contribution in [1.29, 1.82) is 0 Å². The Morgan fingerprint density at radius 2 is 2.00 bits per heavy atom. The highest BCUT2D eigenvalue weighted by molar-refractivity contribution is 5.80. The molecule has 2 fully saturated rings. The van der Waals surface area contributed by atoms with E-state index >= 15 is 0 Å². The minimum atomic E-state index is -0.503. The Morgan fingerprint density at radius 3 is 2.62 bits per heavy atom. The van der Waals surface area contributed by atoms with Gasteiger partial charge < -0.3 is 15.0 Å². The van der Waals surface area contributed by atoms with Gasteiger partial charge in [-0.1, -0.05) is 18.9 Å². The third kappa shape index (κ3) is 3.85. The molecule has 1 saturated heterocycles. The van der Waals surface area contributed by atoms with Crippen molar-refractivity contribution in [2.24, 2.45) is 10.9 Å². The third-order valence-electron chi connectivity index (χ3n) is 5.84. The highest BCUT2D eigenvalue weighted by atomic mass is 19.1. The van der Waals surface area contributed by atoms with Gasteiger partial charge in [0.25, 0.3) is 0 Å². The molecule has 1 unspecified atom stereocenters. The van der Waals surface area contributed by atoms with E-state index in [2.05, 4.69) is 15.2 Å². The molecule has 2 aliphatic rings. The molecule has 0 aromatic heterocycles. The lowest BCUT2D eigenvalue weighted by atomic mass is 9.78. The fourth-order valence-electron chi connectivity index (χ4n) is 4.55. The monoisotopic (exact) mass is 365 g/mol. The molecule has 4 nitrogen and oxygen atoms in total. The summed E-state index contributed by atoms with van der Waals surface area (Å²) in [5.74, 6) is 0.435. The van der Waals surface area contributed by atoms with Gasteiger partial charge in [-0.2, -0.15) is 0 Å². The summed E-state index contributed by atoms with van der Waals surface area (Å²) in [6, 6.07) is 4.16. The van der Waals surface area contributed by atoms with Crippen LogP contribution >= 0.6 is 0 Å². The number of nitrogens with zero attached hydrogens (tertiary/aromatic N) is 2. The zero-order valence-corrected chi connectivity index (χ0v) is 15.7. The maximum absolute atomic E-state index is 14.5. The van der Waals surface area contributed by atoms with Crippen molar-refractivity contribution >= 4 is 5.96 Å². The van der Waals surface area contributed by atoms with Crippen molar-refractivity contribution in [1.82, 2.24) is 10.2 Å². The topological polar surface area (TPSA) is 36.9 Å². The van der Waals surface area contributed by atoms with E-state index in [4.69, 9.17) is 4.74 Å². The number of ether oxygens (including phenoxy) is 1. The predicted octanol–water partition coefficient (Wildman–Crippen LogP) is 3.32. The average Bonchev–Trinajstić information content (AvgIpc) is 3.27. The van der Waals surface area contributed by atoms with Crippen molar-refractivity contribution in [3.63, 3.8) is 0 Å². The van der Waals surface area contributed by atoms with E-state index in [-0.39, 0.29) is 5.56 Å². The van der Waals surface area contributed by atoms with Crippen molar-refractivity contribution in [2.45, 2.75) is 37.5 Å². The maximum Gasteiger partial charge on any atom is 0.193 e. The molecule has 1 aromatic rings. The Labute approximate surface area is 154 Å². The Balaban J connectivity index is 1.73. The van der Waals surface area contributed by atoms with E-state index in [0.29, 0.717) is 12.5 Å². The van der Waals surface area contributed by atoms with E-state index in [1.807, 2.05) is 0 Å². The first-order valence-corrected chi connectivity index (χ1v) is 9.48. The maximum atomic E-state index is 14.5. The first kappa shape index (κ1) is 19.1. The molecule has 26 heavy (non-hydrogen) atoms. The quantitative estimate of drug-likeness (QED) is 0.642. The van der Waals surface area contributed by atoms with Gasteiger partial charge in [-0.25, -0.2) is 8.78 Å². The van der Waals surface area contributed by atoms with Gasteiger partial charge in [0.2, 0.25) is 0 Å². The predicted molar refractivity (Wildman–Crippen MR) is 99.4 cm³/mol. The molecule has 0 amide bonds. The van der Waals surface area contributed by atoms with Gasteiger partial charge in [-0.05, 0) is 31.4 Å². The summed E-state index contributed by atoms with van der Waals surface area (Å²) >= 11 is 0. The second kappa shape index (κ2) is 8.33. The second-order valence-corrected chi connectivity index (χ2v) is 7.54. The standard InChI is InChI=1S/C20H29F2N3O/c1-23-19(25-11-8-15(12-25)13-26-2)24-14-20(9-3-4-10-20)18-16(21)6-5-7-17(18)22/h5-7,15H,3-4,8-14H2,1-2H3,(H,23,24). The molecule has 1 aliphatic carbocycles. The molecule has 1 atom stereocenters. The summed E-state index contributed by atoms with van der Waals surface area (Å²) in [4.78, 5) is 6.61. The number of benzene rings is 1. The van der Waals surface area contributed by atoms with Crippen molar-refractivity contribution < 1.29 is 13.5 Å². The molecule has 1 N–H and O–H groups in total. The van der Waals surface area contributed by atoms with Crippen molar-refractivity contribution in [3.8, 4) is 0 Å². The minimum Gasteiger partial charge on any atom is -0.384 e. The lowest BCUT2D eigenvalue weighted by molar-refractivity contribution is 0.157. The van der Waals surface area contributed by atoms with Crippen molar-refractivity contribution in [3.05, 3.63) is 35.4 Å². The summed E-state index contributed by atoms with van der Waals surface area (Å²) in [7, 11) is 3.49. The summed E-state index contributed by atoms with van der Waals surface area (Å²) < 4.78 is 34.2. The average molecular weight is 365 g/mol. The summed E-state index contributed by atoms with van der Waals surface area (Å²) in [6.45, 7) is 3.07. The van der Waals surface area contributed by atoms with E-state index in [0.717, 1.165) is 57.8 Å². The van der Waals surface area contributed by atoms with Crippen LogP contribution in [0.4, 0.5) is 8.78 Å². The van der Waals surface area contributed by atoms with Crippen LogP contribution in [0, 0.1) is 17.6 Å². The van der Waals surface area contributed by atoms with Gasteiger partial charge in [-0.15, -0.1) is 0 Å². The number of guanidine groups is 1. The summed E-state index contributed by atoms with van der Waals surface area (Å²) in [6.07, 6.45) is 4.64. The molecule has 0 bridgehead atoms. The Hall–Kier alpha value is -1.69. The number of hydrogen-bond acceptors (Lipinski definition) is 2. The molecule has 1 aliphatic heterocycles. The van der Waals surface area contributed by atoms with E-state index in [1.165, 1.54) is 18.2 Å². The van der Waals surface area contributed by atoms with Gasteiger partial charge >= 0.3 is 0 Å². The van der Waals surface area contributed by atoms with Gasteiger partial charge in [0.05, 0.1) is 6.61 Å². The van der Waals surface area contributed by atoms with Gasteiger partial charge in [-0.3, -0.25) is 4.99 Å². The number of halogens is 2. The fourth-order valence-corrected chi connectivity index (χ4v) is 4.55. The van der Waals surface area contributed by atoms with Crippen LogP contribution in [0.2, 0.25) is 0 Å². The largest absolute Gasteiger partial charge is 0.384 e. The fraction of sp³-hybridized carbons (Fsp3) is 0.650. The number of rotatable bonds is 5. The minimum absolute atomic E-state index is 0.235. The Morgan fingerprint density at radius 1 is 1.31 bits per heavy atom. The summed E-state index contributed by atoms with van der Waals surface area (Å²) in [5, 5.41) is 3.41. The third-order valence-corrected chi connectivity index (χ3v) is 5.84. The van der Waals surface area contributed by atoms with Gasteiger partial charge in [0, 0.05) is 50.7 Å². The van der Waals surface area contributed by atoms with Crippen LogP contribution < -0.4 is 5.32 Å². The zero-order valence-electron chi connectivity index (χ0n) is 15.7. The molecule has 144 valence electrons. The van der Waals surface area contributed by atoms with E-state index in [1.54, 1.807) is 14.2 Å². The van der Waals surface area contributed by atoms with Gasteiger partial charge in [0.15, 0.2) is 5.96 Å². The van der Waals surface area contributed by atoms with Crippen LogP contribution in [0.5, 0.6) is 0 Å². The molecular formula is C20H29F2N3O. The Bertz CT molecular complexity index is 624. The number of aliphatic imine (C=N–C) groups is 1. The van der Waals surface area contributed by atoms with Crippen LogP contribution in [0.3, 0.4) is 0 Å². The molecule has 1 saturated carbocycles. The molecule has 1 aromatic carbocycles. The van der Waals surface area contributed by atoms with Crippen LogP contribution in [-0.2, 0) is 10.2 Å². The van der Waals surface area contributed by atoms with Crippen LogP contribution in [-0.4, -0.2) is 51.3 Å². The van der Waals surface area contributed by atoms with Crippen LogP contribution in [0.25, 0.3) is 0 Å². The zero-order chi connectivity index (χ0) is 18.6. The lowest BCUT2D eigenvalue weighted by Crippen LogP contribution is -2.46. The van der Waals surface area contributed by atoms with E-state index in [9.17, 15) is 8.78 Å². The van der Waals surface area contributed by atoms with Crippen molar-refractivity contribution in [2.75, 3.05) is 40.4 Å².